The molecule has 0 amide bonds. The Balaban J connectivity index is 2.07. The number of aromatic nitrogens is 1. The molecule has 2 unspecified atom stereocenters. The predicted octanol–water partition coefficient (Wildman–Crippen LogP) is 1.01. The van der Waals surface area contributed by atoms with Gasteiger partial charge >= 0.3 is 0 Å². The first-order chi connectivity index (χ1) is 9.50. The summed E-state index contributed by atoms with van der Waals surface area (Å²) in [7, 11) is -2.84. The molecule has 0 bridgehead atoms. The molecule has 5 nitrogen and oxygen atoms in total. The summed E-state index contributed by atoms with van der Waals surface area (Å²) < 4.78 is 23.3. The van der Waals surface area contributed by atoms with Crippen LogP contribution in [0.1, 0.15) is 25.3 Å². The number of nitrogens with two attached hydrogens (primary N) is 1. The van der Waals surface area contributed by atoms with Gasteiger partial charge in [-0.2, -0.15) is 0 Å². The molecule has 0 radical (unpaired) electrons. The van der Waals surface area contributed by atoms with Crippen LogP contribution in [0.15, 0.2) is 18.3 Å². The first-order valence-corrected chi connectivity index (χ1v) is 8.96. The van der Waals surface area contributed by atoms with Gasteiger partial charge in [-0.3, -0.25) is 0 Å². The highest BCUT2D eigenvalue weighted by Crippen LogP contribution is 2.24. The average Bonchev–Trinajstić information content (AvgIpc) is 2.75. The summed E-state index contributed by atoms with van der Waals surface area (Å²) in [6.07, 6.45) is 4.29. The normalized spacial score (nSPS) is 22.8. The maximum atomic E-state index is 11.7. The largest absolute Gasteiger partial charge is 0.384 e. The van der Waals surface area contributed by atoms with Gasteiger partial charge in [0.05, 0.1) is 11.5 Å². The third-order valence-corrected chi connectivity index (χ3v) is 5.59. The zero-order valence-corrected chi connectivity index (χ0v) is 12.7. The smallest absolute Gasteiger partial charge is 0.150 e. The Labute approximate surface area is 120 Å². The number of nitrogens with one attached hydrogen (secondary N) is 1. The highest BCUT2D eigenvalue weighted by molar-refractivity contribution is 7.91. The lowest BCUT2D eigenvalue weighted by Gasteiger charge is -2.24. The van der Waals surface area contributed by atoms with Crippen LogP contribution in [0.5, 0.6) is 0 Å². The van der Waals surface area contributed by atoms with Gasteiger partial charge < -0.3 is 11.1 Å². The van der Waals surface area contributed by atoms with Crippen LogP contribution in [0.2, 0.25) is 0 Å². The molecule has 1 saturated heterocycles. The van der Waals surface area contributed by atoms with Crippen LogP contribution in [0.4, 0.5) is 5.82 Å². The summed E-state index contributed by atoms with van der Waals surface area (Å²) in [6.45, 7) is 3.02. The van der Waals surface area contributed by atoms with Crippen molar-refractivity contribution in [3.63, 3.8) is 0 Å². The van der Waals surface area contributed by atoms with Gasteiger partial charge in [0.1, 0.15) is 5.82 Å². The van der Waals surface area contributed by atoms with Crippen LogP contribution in [0.3, 0.4) is 0 Å². The number of rotatable bonds is 6. The Hall–Kier alpha value is -1.14. The lowest BCUT2D eigenvalue weighted by Crippen LogP contribution is -2.39. The van der Waals surface area contributed by atoms with Gasteiger partial charge in [0, 0.05) is 12.2 Å². The molecule has 2 atom stereocenters. The van der Waals surface area contributed by atoms with E-state index >= 15 is 0 Å². The second-order valence-corrected chi connectivity index (χ2v) is 7.75. The van der Waals surface area contributed by atoms with Gasteiger partial charge in [0.15, 0.2) is 9.84 Å². The monoisotopic (exact) mass is 297 g/mol. The second-order valence-electron chi connectivity index (χ2n) is 5.52. The Morgan fingerprint density at radius 2 is 2.35 bits per heavy atom. The van der Waals surface area contributed by atoms with Crippen LogP contribution >= 0.6 is 0 Å². The van der Waals surface area contributed by atoms with E-state index in [4.69, 9.17) is 5.73 Å². The zero-order chi connectivity index (χ0) is 14.6. The predicted molar refractivity (Wildman–Crippen MR) is 81.2 cm³/mol. The third kappa shape index (κ3) is 4.18. The maximum absolute atomic E-state index is 11.7. The molecule has 20 heavy (non-hydrogen) atoms. The van der Waals surface area contributed by atoms with Crippen molar-refractivity contribution in [1.82, 2.24) is 10.3 Å². The Kier molecular flexibility index (Phi) is 4.99. The summed E-state index contributed by atoms with van der Waals surface area (Å²) >= 11 is 0. The number of hydrogen-bond donors (Lipinski definition) is 2. The summed E-state index contributed by atoms with van der Waals surface area (Å²) in [5.74, 6) is 1.33. The van der Waals surface area contributed by atoms with E-state index < -0.39 is 9.84 Å². The second kappa shape index (κ2) is 6.54. The fourth-order valence-electron chi connectivity index (χ4n) is 2.75. The Morgan fingerprint density at radius 3 is 2.95 bits per heavy atom. The van der Waals surface area contributed by atoms with Gasteiger partial charge in [0.25, 0.3) is 0 Å². The minimum Gasteiger partial charge on any atom is -0.384 e. The number of pyridine rings is 1. The molecular formula is C14H23N3O2S. The van der Waals surface area contributed by atoms with E-state index in [1.807, 2.05) is 12.1 Å². The SMILES string of the molecule is CCCNC(Cc1ccnc(N)c1)C1CCS(=O)(=O)C1. The van der Waals surface area contributed by atoms with E-state index in [0.29, 0.717) is 17.3 Å². The molecule has 1 aromatic heterocycles. The van der Waals surface area contributed by atoms with Crippen LogP contribution in [0, 0.1) is 5.92 Å². The fourth-order valence-corrected chi connectivity index (χ4v) is 4.63. The average molecular weight is 297 g/mol. The van der Waals surface area contributed by atoms with Gasteiger partial charge in [-0.15, -0.1) is 0 Å². The highest BCUT2D eigenvalue weighted by atomic mass is 32.2. The topological polar surface area (TPSA) is 85.1 Å². The minimum absolute atomic E-state index is 0.189. The van der Waals surface area contributed by atoms with Crippen molar-refractivity contribution in [3.05, 3.63) is 23.9 Å². The zero-order valence-electron chi connectivity index (χ0n) is 11.9. The molecule has 2 heterocycles. The molecule has 0 aromatic carbocycles. The first kappa shape index (κ1) is 15.3. The molecule has 1 aromatic rings. The van der Waals surface area contributed by atoms with Crippen molar-refractivity contribution < 1.29 is 8.42 Å². The van der Waals surface area contributed by atoms with Gasteiger partial charge in [-0.25, -0.2) is 13.4 Å². The molecule has 1 aliphatic rings. The van der Waals surface area contributed by atoms with Crippen LogP contribution in [-0.2, 0) is 16.3 Å². The van der Waals surface area contributed by atoms with Crippen LogP contribution < -0.4 is 11.1 Å². The van der Waals surface area contributed by atoms with Crippen molar-refractivity contribution >= 4 is 15.7 Å². The van der Waals surface area contributed by atoms with E-state index in [1.165, 1.54) is 0 Å². The first-order valence-electron chi connectivity index (χ1n) is 7.14. The minimum atomic E-state index is -2.84. The number of sulfone groups is 1. The standard InChI is InChI=1S/C14H23N3O2S/c1-2-5-16-13(12-4-7-20(18,19)10-12)8-11-3-6-17-14(15)9-11/h3,6,9,12-13,16H,2,4-5,7-8,10H2,1H3,(H2,15,17). The molecule has 112 valence electrons. The highest BCUT2D eigenvalue weighted by Gasteiger charge is 2.33. The lowest BCUT2D eigenvalue weighted by atomic mass is 9.93. The van der Waals surface area contributed by atoms with E-state index in [0.717, 1.165) is 31.4 Å². The van der Waals surface area contributed by atoms with Gasteiger partial charge in [-0.05, 0) is 49.4 Å². The Bertz CT molecular complexity index is 545. The van der Waals surface area contributed by atoms with Crippen LogP contribution in [-0.4, -0.2) is 37.5 Å². The molecule has 0 saturated carbocycles. The van der Waals surface area contributed by atoms with Gasteiger partial charge in [0.2, 0.25) is 0 Å². The van der Waals surface area contributed by atoms with E-state index in [-0.39, 0.29) is 12.0 Å². The van der Waals surface area contributed by atoms with Crippen molar-refractivity contribution in [2.24, 2.45) is 5.92 Å². The summed E-state index contributed by atoms with van der Waals surface area (Å²) in [5.41, 5.74) is 6.81. The number of hydrogen-bond acceptors (Lipinski definition) is 5. The van der Waals surface area contributed by atoms with Gasteiger partial charge in [-0.1, -0.05) is 6.92 Å². The number of nitrogen functional groups attached to an aromatic ring is 1. The summed E-state index contributed by atoms with van der Waals surface area (Å²) in [6, 6.07) is 4.00. The van der Waals surface area contributed by atoms with Crippen molar-refractivity contribution in [1.29, 1.82) is 0 Å². The fraction of sp³-hybridized carbons (Fsp3) is 0.643. The molecule has 1 fully saturated rings. The molecule has 1 aliphatic heterocycles. The van der Waals surface area contributed by atoms with E-state index in [1.54, 1.807) is 6.20 Å². The van der Waals surface area contributed by atoms with Crippen LogP contribution in [0.25, 0.3) is 0 Å². The maximum Gasteiger partial charge on any atom is 0.150 e. The summed E-state index contributed by atoms with van der Waals surface area (Å²) in [4.78, 5) is 3.99. The third-order valence-electron chi connectivity index (χ3n) is 3.79. The molecule has 0 aliphatic carbocycles. The summed E-state index contributed by atoms with van der Waals surface area (Å²) in [5, 5.41) is 3.49. The van der Waals surface area contributed by atoms with Crippen molar-refractivity contribution in [2.75, 3.05) is 23.8 Å². The molecule has 6 heteroatoms. The Morgan fingerprint density at radius 1 is 1.55 bits per heavy atom. The molecule has 0 spiro atoms. The van der Waals surface area contributed by atoms with Crippen molar-refractivity contribution in [2.45, 2.75) is 32.2 Å². The quantitative estimate of drug-likeness (QED) is 0.818. The lowest BCUT2D eigenvalue weighted by molar-refractivity contribution is 0.379. The molecule has 2 rings (SSSR count). The molecule has 3 N–H and O–H groups in total. The van der Waals surface area contributed by atoms with E-state index in [2.05, 4.69) is 17.2 Å². The van der Waals surface area contributed by atoms with E-state index in [9.17, 15) is 8.42 Å². The van der Waals surface area contributed by atoms with Crippen molar-refractivity contribution in [3.8, 4) is 0 Å². The number of nitrogens with zero attached hydrogens (tertiary/aromatic N) is 1. The number of anilines is 1. The molecular weight excluding hydrogens is 274 g/mol.